The van der Waals surface area contributed by atoms with Crippen LogP contribution in [0, 0.1) is 5.92 Å². The summed E-state index contributed by atoms with van der Waals surface area (Å²) in [6.45, 7) is 19.7. The van der Waals surface area contributed by atoms with E-state index >= 15 is 0 Å². The molecular formula is C18H42N2. The molecule has 2 heteroatoms. The van der Waals surface area contributed by atoms with Gasteiger partial charge in [0.1, 0.15) is 0 Å². The zero-order valence-corrected chi connectivity index (χ0v) is 15.7. The highest BCUT2D eigenvalue weighted by Gasteiger charge is 2.25. The van der Waals surface area contributed by atoms with Crippen LogP contribution in [0.2, 0.25) is 0 Å². The molecule has 2 aliphatic heterocycles. The highest BCUT2D eigenvalue weighted by molar-refractivity contribution is 4.81. The quantitative estimate of drug-likeness (QED) is 0.677. The molecule has 0 aromatic heterocycles. The summed E-state index contributed by atoms with van der Waals surface area (Å²) >= 11 is 0. The molecule has 2 rings (SSSR count). The summed E-state index contributed by atoms with van der Waals surface area (Å²) in [6.07, 6.45) is 5.63. The van der Waals surface area contributed by atoms with Crippen LogP contribution in [0.1, 0.15) is 74.1 Å². The number of likely N-dealkylation sites (tertiary alicyclic amines) is 2. The highest BCUT2D eigenvalue weighted by atomic mass is 15.2. The number of hydrogen-bond donors (Lipinski definition) is 0. The first kappa shape index (κ1) is 22.2. The Morgan fingerprint density at radius 2 is 1.05 bits per heavy atom. The monoisotopic (exact) mass is 286 g/mol. The van der Waals surface area contributed by atoms with Crippen LogP contribution in [-0.4, -0.2) is 49.1 Å². The van der Waals surface area contributed by atoms with Gasteiger partial charge in [-0.15, -0.1) is 0 Å². The van der Waals surface area contributed by atoms with Crippen molar-refractivity contribution in [2.45, 2.75) is 80.2 Å². The van der Waals surface area contributed by atoms with E-state index in [1.807, 2.05) is 41.5 Å². The van der Waals surface area contributed by atoms with E-state index in [2.05, 4.69) is 23.8 Å². The summed E-state index contributed by atoms with van der Waals surface area (Å²) in [4.78, 5) is 5.20. The van der Waals surface area contributed by atoms with Gasteiger partial charge in [0.25, 0.3) is 0 Å². The molecule has 20 heavy (non-hydrogen) atoms. The Balaban J connectivity index is 0. The molecule has 0 aromatic carbocycles. The summed E-state index contributed by atoms with van der Waals surface area (Å²) in [5.41, 5.74) is 0. The molecule has 2 fully saturated rings. The second-order valence-electron chi connectivity index (χ2n) is 5.25. The third-order valence-corrected chi connectivity index (χ3v) is 4.02. The van der Waals surface area contributed by atoms with Crippen LogP contribution in [0.15, 0.2) is 0 Å². The van der Waals surface area contributed by atoms with Crippen molar-refractivity contribution in [3.63, 3.8) is 0 Å². The molecule has 2 aliphatic rings. The number of rotatable bonds is 1. The molecule has 0 radical (unpaired) electrons. The van der Waals surface area contributed by atoms with Crippen LogP contribution >= 0.6 is 0 Å². The second-order valence-corrected chi connectivity index (χ2v) is 5.25. The Morgan fingerprint density at radius 3 is 1.45 bits per heavy atom. The Morgan fingerprint density at radius 1 is 0.650 bits per heavy atom. The molecule has 0 amide bonds. The van der Waals surface area contributed by atoms with Gasteiger partial charge in [0.15, 0.2) is 0 Å². The first-order valence-corrected chi connectivity index (χ1v) is 9.18. The van der Waals surface area contributed by atoms with Gasteiger partial charge in [0, 0.05) is 6.04 Å². The molecule has 0 bridgehead atoms. The molecule has 0 aliphatic carbocycles. The predicted molar refractivity (Wildman–Crippen MR) is 94.5 cm³/mol. The number of piperidine rings is 2. The van der Waals surface area contributed by atoms with Gasteiger partial charge in [-0.05, 0) is 64.8 Å². The summed E-state index contributed by atoms with van der Waals surface area (Å²) < 4.78 is 0. The lowest BCUT2D eigenvalue weighted by Gasteiger charge is -2.40. The molecule has 124 valence electrons. The minimum absolute atomic E-state index is 0.902. The van der Waals surface area contributed by atoms with Crippen LogP contribution in [-0.2, 0) is 0 Å². The van der Waals surface area contributed by atoms with Crippen molar-refractivity contribution in [1.82, 2.24) is 9.80 Å². The molecule has 0 aromatic rings. The maximum atomic E-state index is 2.74. The normalized spacial score (nSPS) is 21.6. The number of nitrogens with zero attached hydrogens (tertiary/aromatic N) is 2. The fraction of sp³-hybridized carbons (Fsp3) is 1.00. The maximum absolute atomic E-state index is 2.74. The van der Waals surface area contributed by atoms with E-state index in [4.69, 9.17) is 0 Å². The van der Waals surface area contributed by atoms with E-state index in [0.29, 0.717) is 0 Å². The fourth-order valence-electron chi connectivity index (χ4n) is 2.75. The van der Waals surface area contributed by atoms with Crippen molar-refractivity contribution in [2.24, 2.45) is 5.92 Å². The highest BCUT2D eigenvalue weighted by Crippen LogP contribution is 2.22. The third-order valence-electron chi connectivity index (χ3n) is 4.02. The van der Waals surface area contributed by atoms with Gasteiger partial charge in [-0.3, -0.25) is 0 Å². The topological polar surface area (TPSA) is 6.48 Å². The maximum Gasteiger partial charge on any atom is 0.0120 e. The zero-order valence-electron chi connectivity index (χ0n) is 15.7. The van der Waals surface area contributed by atoms with Crippen LogP contribution in [0.3, 0.4) is 0 Å². The predicted octanol–water partition coefficient (Wildman–Crippen LogP) is 4.89. The minimum Gasteiger partial charge on any atom is -0.306 e. The van der Waals surface area contributed by atoms with Crippen LogP contribution in [0.4, 0.5) is 0 Å². The summed E-state index contributed by atoms with van der Waals surface area (Å²) in [5.74, 6) is 0.970. The molecule has 2 saturated heterocycles. The van der Waals surface area contributed by atoms with Gasteiger partial charge in [0.05, 0.1) is 0 Å². The van der Waals surface area contributed by atoms with Crippen molar-refractivity contribution in [3.05, 3.63) is 0 Å². The Labute approximate surface area is 129 Å². The molecule has 0 N–H and O–H groups in total. The van der Waals surface area contributed by atoms with Gasteiger partial charge < -0.3 is 9.80 Å². The first-order valence-electron chi connectivity index (χ1n) is 9.18. The lowest BCUT2D eigenvalue weighted by molar-refractivity contribution is 0.0887. The largest absolute Gasteiger partial charge is 0.306 e. The molecule has 2 heterocycles. The second kappa shape index (κ2) is 15.3. The van der Waals surface area contributed by atoms with Gasteiger partial charge in [-0.25, -0.2) is 0 Å². The summed E-state index contributed by atoms with van der Waals surface area (Å²) in [5, 5.41) is 0. The van der Waals surface area contributed by atoms with E-state index in [-0.39, 0.29) is 0 Å². The third kappa shape index (κ3) is 8.97. The smallest absolute Gasteiger partial charge is 0.0120 e. The molecule has 0 saturated carbocycles. The Kier molecular flexibility index (Phi) is 17.0. The number of hydrogen-bond acceptors (Lipinski definition) is 2. The van der Waals surface area contributed by atoms with Crippen LogP contribution < -0.4 is 0 Å². The van der Waals surface area contributed by atoms with E-state index in [0.717, 1.165) is 12.0 Å². The van der Waals surface area contributed by atoms with E-state index in [1.54, 1.807) is 0 Å². The van der Waals surface area contributed by atoms with Gasteiger partial charge in [0.2, 0.25) is 0 Å². The van der Waals surface area contributed by atoms with Crippen molar-refractivity contribution < 1.29 is 0 Å². The van der Waals surface area contributed by atoms with Crippen LogP contribution in [0.25, 0.3) is 0 Å². The zero-order chi connectivity index (χ0) is 16.0. The van der Waals surface area contributed by atoms with E-state index in [1.165, 1.54) is 51.9 Å². The van der Waals surface area contributed by atoms with Crippen LogP contribution in [0.5, 0.6) is 0 Å². The molecule has 0 spiro atoms. The minimum atomic E-state index is 0.902. The van der Waals surface area contributed by atoms with Crippen molar-refractivity contribution in [1.29, 1.82) is 0 Å². The molecule has 0 unspecified atom stereocenters. The average Bonchev–Trinajstić information content (AvgIpc) is 2.55. The first-order chi connectivity index (χ1) is 9.75. The van der Waals surface area contributed by atoms with Gasteiger partial charge in [-0.2, -0.15) is 0 Å². The Bertz CT molecular complexity index is 146. The van der Waals surface area contributed by atoms with Gasteiger partial charge >= 0.3 is 0 Å². The standard InChI is InChI=1S/C12H24N2.3C2H6/c1-11-3-9-14(10-4-11)12-5-7-13(2)8-6-12;3*1-2/h11-12H,3-10H2,1-2H3;3*1-2H3. The SMILES string of the molecule is CC.CC.CC.CC1CCN(C2CCN(C)CC2)CC1. The lowest BCUT2D eigenvalue weighted by atomic mass is 9.95. The van der Waals surface area contributed by atoms with Crippen molar-refractivity contribution >= 4 is 0 Å². The Hall–Kier alpha value is -0.0800. The average molecular weight is 287 g/mol. The van der Waals surface area contributed by atoms with Crippen molar-refractivity contribution in [3.8, 4) is 0 Å². The van der Waals surface area contributed by atoms with Gasteiger partial charge in [-0.1, -0.05) is 48.5 Å². The van der Waals surface area contributed by atoms with E-state index in [9.17, 15) is 0 Å². The van der Waals surface area contributed by atoms with E-state index < -0.39 is 0 Å². The summed E-state index contributed by atoms with van der Waals surface area (Å²) in [7, 11) is 2.24. The lowest BCUT2D eigenvalue weighted by Crippen LogP contribution is -2.46. The van der Waals surface area contributed by atoms with Crippen molar-refractivity contribution in [2.75, 3.05) is 33.2 Å². The summed E-state index contributed by atoms with van der Waals surface area (Å²) in [6, 6.07) is 0.902. The molecular weight excluding hydrogens is 244 g/mol. The fourth-order valence-corrected chi connectivity index (χ4v) is 2.75. The molecule has 0 atom stereocenters. The molecule has 2 nitrogen and oxygen atoms in total.